The molecule has 0 radical (unpaired) electrons. The summed E-state index contributed by atoms with van der Waals surface area (Å²) in [5, 5.41) is 10.9. The second-order valence-corrected chi connectivity index (χ2v) is 5.61. The van der Waals surface area contributed by atoms with E-state index in [0.717, 1.165) is 4.47 Å². The molecule has 3 rings (SSSR count). The fourth-order valence-electron chi connectivity index (χ4n) is 2.18. The first kappa shape index (κ1) is 12.7. The lowest BCUT2D eigenvalue weighted by Gasteiger charge is -2.20. The Morgan fingerprint density at radius 2 is 1.84 bits per heavy atom. The predicted octanol–water partition coefficient (Wildman–Crippen LogP) is 3.75. The van der Waals surface area contributed by atoms with Gasteiger partial charge in [0.05, 0.1) is 0 Å². The Morgan fingerprint density at radius 1 is 1.16 bits per heavy atom. The third kappa shape index (κ3) is 2.06. The topological polar surface area (TPSA) is 40.5 Å². The van der Waals surface area contributed by atoms with Crippen LogP contribution in [0.2, 0.25) is 5.02 Å². The molecule has 1 N–H and O–H groups in total. The molecule has 0 fully saturated rings. The molecule has 2 aromatic rings. The number of aliphatic hydroxyl groups is 1. The van der Waals surface area contributed by atoms with Crippen molar-refractivity contribution in [3.63, 3.8) is 0 Å². The molecule has 19 heavy (non-hydrogen) atoms. The maximum absolute atomic E-state index is 12.4. The highest BCUT2D eigenvalue weighted by Crippen LogP contribution is 2.37. The van der Waals surface area contributed by atoms with E-state index in [1.165, 1.54) is 4.90 Å². The number of nitrogens with zero attached hydrogens (tertiary/aromatic N) is 1. The van der Waals surface area contributed by atoms with Gasteiger partial charge in [0.15, 0.2) is 6.23 Å². The molecule has 2 aromatic carbocycles. The first-order valence-electron chi connectivity index (χ1n) is 5.64. The van der Waals surface area contributed by atoms with Crippen LogP contribution < -0.4 is 4.90 Å². The number of halogens is 2. The lowest BCUT2D eigenvalue weighted by atomic mass is 10.1. The molecule has 1 aliphatic heterocycles. The lowest BCUT2D eigenvalue weighted by molar-refractivity contribution is 0.0935. The van der Waals surface area contributed by atoms with Crippen molar-refractivity contribution >= 4 is 39.1 Å². The number of hydrogen-bond acceptors (Lipinski definition) is 2. The molecular formula is C14H9BrClNO2. The van der Waals surface area contributed by atoms with Gasteiger partial charge in [-0.2, -0.15) is 0 Å². The van der Waals surface area contributed by atoms with Crippen LogP contribution in [0.3, 0.4) is 0 Å². The van der Waals surface area contributed by atoms with Crippen molar-refractivity contribution in [2.45, 2.75) is 6.23 Å². The Balaban J connectivity index is 2.07. The van der Waals surface area contributed by atoms with Crippen LogP contribution in [-0.2, 0) is 0 Å². The molecule has 1 aliphatic rings. The number of rotatable bonds is 1. The first-order chi connectivity index (χ1) is 9.08. The largest absolute Gasteiger partial charge is 0.369 e. The summed E-state index contributed by atoms with van der Waals surface area (Å²) < 4.78 is 0.810. The van der Waals surface area contributed by atoms with Crippen LogP contribution in [-0.4, -0.2) is 11.0 Å². The quantitative estimate of drug-likeness (QED) is 0.860. The summed E-state index contributed by atoms with van der Waals surface area (Å²) in [5.41, 5.74) is 1.74. The fourth-order valence-corrected chi connectivity index (χ4v) is 2.67. The summed E-state index contributed by atoms with van der Waals surface area (Å²) >= 11 is 9.16. The molecule has 1 heterocycles. The third-order valence-electron chi connectivity index (χ3n) is 3.09. The van der Waals surface area contributed by atoms with E-state index < -0.39 is 6.23 Å². The van der Waals surface area contributed by atoms with Gasteiger partial charge in [0.1, 0.15) is 0 Å². The van der Waals surface area contributed by atoms with Gasteiger partial charge in [0.25, 0.3) is 5.91 Å². The fraction of sp³-hybridized carbons (Fsp3) is 0.0714. The molecule has 0 aliphatic carbocycles. The van der Waals surface area contributed by atoms with Crippen molar-refractivity contribution < 1.29 is 9.90 Å². The Kier molecular flexibility index (Phi) is 3.09. The summed E-state index contributed by atoms with van der Waals surface area (Å²) in [6.07, 6.45) is -0.961. The molecule has 1 unspecified atom stereocenters. The highest BCUT2D eigenvalue weighted by molar-refractivity contribution is 9.10. The van der Waals surface area contributed by atoms with E-state index in [4.69, 9.17) is 11.6 Å². The highest BCUT2D eigenvalue weighted by atomic mass is 79.9. The number of carbonyl (C=O) groups is 1. The highest BCUT2D eigenvalue weighted by Gasteiger charge is 2.36. The van der Waals surface area contributed by atoms with Crippen LogP contribution in [0.25, 0.3) is 0 Å². The Hall–Kier alpha value is -1.36. The van der Waals surface area contributed by atoms with Crippen molar-refractivity contribution in [2.75, 3.05) is 4.90 Å². The van der Waals surface area contributed by atoms with E-state index in [1.807, 2.05) is 0 Å². The molecule has 0 bridgehead atoms. The zero-order valence-corrected chi connectivity index (χ0v) is 12.0. The number of benzene rings is 2. The molecule has 1 atom stereocenters. The van der Waals surface area contributed by atoms with Gasteiger partial charge in [-0.25, -0.2) is 0 Å². The first-order valence-corrected chi connectivity index (χ1v) is 6.81. The van der Waals surface area contributed by atoms with Crippen LogP contribution in [0.4, 0.5) is 5.69 Å². The third-order valence-corrected chi connectivity index (χ3v) is 3.84. The number of fused-ring (bicyclic) bond motifs is 1. The van der Waals surface area contributed by atoms with Gasteiger partial charge < -0.3 is 5.11 Å². The monoisotopic (exact) mass is 337 g/mol. The molecule has 0 spiro atoms. The summed E-state index contributed by atoms with van der Waals surface area (Å²) in [4.78, 5) is 13.7. The number of hydrogen-bond donors (Lipinski definition) is 1. The van der Waals surface area contributed by atoms with Crippen molar-refractivity contribution in [2.24, 2.45) is 0 Å². The summed E-state index contributed by atoms with van der Waals surface area (Å²) in [6, 6.07) is 12.1. The Bertz CT molecular complexity index is 657. The predicted molar refractivity (Wildman–Crippen MR) is 77.4 cm³/mol. The zero-order valence-electron chi connectivity index (χ0n) is 9.68. The van der Waals surface area contributed by atoms with Gasteiger partial charge in [0, 0.05) is 26.3 Å². The van der Waals surface area contributed by atoms with Crippen molar-refractivity contribution in [3.05, 3.63) is 63.1 Å². The smallest absolute Gasteiger partial charge is 0.261 e. The van der Waals surface area contributed by atoms with Crippen molar-refractivity contribution in [1.82, 2.24) is 0 Å². The number of aliphatic hydroxyl groups excluding tert-OH is 1. The average Bonchev–Trinajstić information content (AvgIpc) is 2.63. The molecule has 0 aromatic heterocycles. The second-order valence-electron chi connectivity index (χ2n) is 4.26. The number of amides is 1. The standard InChI is InChI=1S/C14H9BrClNO2/c15-8-1-6-11-12(7-8)14(19)17(13(11)18)10-4-2-9(16)3-5-10/h1-7,13,18H. The van der Waals surface area contributed by atoms with Crippen LogP contribution in [0.5, 0.6) is 0 Å². The van der Waals surface area contributed by atoms with Gasteiger partial charge in [-0.1, -0.05) is 33.6 Å². The van der Waals surface area contributed by atoms with E-state index in [2.05, 4.69) is 15.9 Å². The minimum absolute atomic E-state index is 0.217. The van der Waals surface area contributed by atoms with Crippen molar-refractivity contribution in [3.8, 4) is 0 Å². The Morgan fingerprint density at radius 3 is 2.53 bits per heavy atom. The molecular weight excluding hydrogens is 330 g/mol. The molecule has 0 saturated carbocycles. The SMILES string of the molecule is O=C1c2cc(Br)ccc2C(O)N1c1ccc(Cl)cc1. The van der Waals surface area contributed by atoms with E-state index >= 15 is 0 Å². The molecule has 96 valence electrons. The normalized spacial score (nSPS) is 17.7. The summed E-state index contributed by atoms with van der Waals surface area (Å²) in [7, 11) is 0. The van der Waals surface area contributed by atoms with Crippen molar-refractivity contribution in [1.29, 1.82) is 0 Å². The number of anilines is 1. The van der Waals surface area contributed by atoms with Gasteiger partial charge >= 0.3 is 0 Å². The van der Waals surface area contributed by atoms with Crippen LogP contribution in [0.1, 0.15) is 22.1 Å². The minimum Gasteiger partial charge on any atom is -0.369 e. The second kappa shape index (κ2) is 4.63. The average molecular weight is 339 g/mol. The van der Waals surface area contributed by atoms with E-state index in [9.17, 15) is 9.90 Å². The van der Waals surface area contributed by atoms with Gasteiger partial charge in [0.2, 0.25) is 0 Å². The van der Waals surface area contributed by atoms with E-state index in [1.54, 1.807) is 42.5 Å². The molecule has 1 amide bonds. The summed E-state index contributed by atoms with van der Waals surface area (Å²) in [6.45, 7) is 0. The minimum atomic E-state index is -0.961. The van der Waals surface area contributed by atoms with Crippen LogP contribution >= 0.6 is 27.5 Å². The van der Waals surface area contributed by atoms with Crippen LogP contribution in [0, 0.1) is 0 Å². The van der Waals surface area contributed by atoms with Crippen LogP contribution in [0.15, 0.2) is 46.9 Å². The van der Waals surface area contributed by atoms with E-state index in [0.29, 0.717) is 21.8 Å². The number of carbonyl (C=O) groups excluding carboxylic acids is 1. The molecule has 5 heteroatoms. The summed E-state index contributed by atoms with van der Waals surface area (Å²) in [5.74, 6) is -0.217. The van der Waals surface area contributed by atoms with E-state index in [-0.39, 0.29) is 5.91 Å². The zero-order chi connectivity index (χ0) is 13.6. The Labute approximate surface area is 123 Å². The van der Waals surface area contributed by atoms with Gasteiger partial charge in [-0.05, 0) is 36.4 Å². The maximum atomic E-state index is 12.4. The molecule has 3 nitrogen and oxygen atoms in total. The van der Waals surface area contributed by atoms with Gasteiger partial charge in [-0.3, -0.25) is 9.69 Å². The molecule has 0 saturated heterocycles. The van der Waals surface area contributed by atoms with Gasteiger partial charge in [-0.15, -0.1) is 0 Å². The lowest BCUT2D eigenvalue weighted by Crippen LogP contribution is -2.27. The maximum Gasteiger partial charge on any atom is 0.261 e.